The molecule has 0 bridgehead atoms. The van der Waals surface area contributed by atoms with Crippen LogP contribution < -0.4 is 0 Å². The molecule has 0 aromatic heterocycles. The van der Waals surface area contributed by atoms with Crippen molar-refractivity contribution in [3.05, 3.63) is 37.0 Å². The molecule has 0 unspecified atom stereocenters. The van der Waals surface area contributed by atoms with Crippen LogP contribution in [0.4, 0.5) is 0 Å². The summed E-state index contributed by atoms with van der Waals surface area (Å²) in [4.78, 5) is 2.18. The van der Waals surface area contributed by atoms with Crippen molar-refractivity contribution in [2.45, 2.75) is 40.5 Å². The second-order valence-electron chi connectivity index (χ2n) is 3.26. The number of hydrogen-bond acceptors (Lipinski definition) is 1. The molecule has 0 aliphatic heterocycles. The van der Waals surface area contributed by atoms with Gasteiger partial charge in [-0.3, -0.25) is 0 Å². The Morgan fingerprint density at radius 1 is 1.00 bits per heavy atom. The monoisotopic (exact) mass is 225 g/mol. The molecule has 0 aliphatic carbocycles. The van der Waals surface area contributed by atoms with E-state index in [0.29, 0.717) is 0 Å². The van der Waals surface area contributed by atoms with Gasteiger partial charge in [-0.15, -0.1) is 0 Å². The molecule has 1 heteroatoms. The molecule has 0 fully saturated rings. The average molecular weight is 225 g/mol. The van der Waals surface area contributed by atoms with Gasteiger partial charge in [0.05, 0.1) is 0 Å². The summed E-state index contributed by atoms with van der Waals surface area (Å²) >= 11 is 0. The Kier molecular flexibility index (Phi) is 30.6. The van der Waals surface area contributed by atoms with Crippen LogP contribution in [0.15, 0.2) is 37.0 Å². The highest BCUT2D eigenvalue weighted by Gasteiger charge is 1.79. The molecule has 0 aromatic carbocycles. The average Bonchev–Trinajstić information content (AvgIpc) is 2.28. The summed E-state index contributed by atoms with van der Waals surface area (Å²) in [5, 5.41) is 0. The van der Waals surface area contributed by atoms with E-state index in [4.69, 9.17) is 0 Å². The number of allylic oxidation sites excluding steroid dienone is 5. The lowest BCUT2D eigenvalue weighted by Crippen LogP contribution is -2.11. The van der Waals surface area contributed by atoms with Crippen LogP contribution in [0.1, 0.15) is 40.5 Å². The number of rotatable bonds is 5. The van der Waals surface area contributed by atoms with Crippen molar-refractivity contribution in [3.63, 3.8) is 0 Å². The summed E-state index contributed by atoms with van der Waals surface area (Å²) in [6.07, 6.45) is 12.1. The van der Waals surface area contributed by atoms with Gasteiger partial charge in [0.1, 0.15) is 0 Å². The zero-order valence-electron chi connectivity index (χ0n) is 12.2. The first-order chi connectivity index (χ1) is 7.68. The minimum absolute atomic E-state index is 1.10. The van der Waals surface area contributed by atoms with Crippen LogP contribution in [-0.2, 0) is 0 Å². The predicted molar refractivity (Wildman–Crippen MR) is 79.0 cm³/mol. The minimum Gasteiger partial charge on any atom is -0.309 e. The molecule has 0 saturated carbocycles. The molecule has 0 aliphatic rings. The maximum atomic E-state index is 3.54. The van der Waals surface area contributed by atoms with Gasteiger partial charge in [-0.25, -0.2) is 0 Å². The smallest absolute Gasteiger partial charge is 0.00275 e. The molecular formula is C15H31N. The van der Waals surface area contributed by atoms with Gasteiger partial charge >= 0.3 is 0 Å². The van der Waals surface area contributed by atoms with E-state index in [1.807, 2.05) is 32.1 Å². The summed E-state index contributed by atoms with van der Waals surface area (Å²) in [5.41, 5.74) is 0. The lowest BCUT2D eigenvalue weighted by Gasteiger charge is -2.03. The molecule has 0 N–H and O–H groups in total. The molecule has 96 valence electrons. The topological polar surface area (TPSA) is 3.24 Å². The normalized spacial score (nSPS) is 9.69. The first-order valence-corrected chi connectivity index (χ1v) is 6.27. The van der Waals surface area contributed by atoms with Crippen molar-refractivity contribution in [1.82, 2.24) is 4.90 Å². The molecule has 16 heavy (non-hydrogen) atoms. The molecule has 0 atom stereocenters. The Bertz CT molecular complexity index is 155. The third-order valence-electron chi connectivity index (χ3n) is 1.40. The van der Waals surface area contributed by atoms with E-state index >= 15 is 0 Å². The minimum atomic E-state index is 1.10. The van der Waals surface area contributed by atoms with Crippen molar-refractivity contribution in [2.75, 3.05) is 20.6 Å². The molecule has 0 aromatic rings. The maximum Gasteiger partial charge on any atom is -0.00275 e. The first kappa shape index (κ1) is 20.6. The number of hydrogen-bond donors (Lipinski definition) is 0. The van der Waals surface area contributed by atoms with Gasteiger partial charge in [-0.2, -0.15) is 0 Å². The molecule has 0 rings (SSSR count). The van der Waals surface area contributed by atoms with E-state index in [1.54, 1.807) is 6.08 Å². The fraction of sp³-hybridized carbons (Fsp3) is 0.600. The van der Waals surface area contributed by atoms with Gasteiger partial charge < -0.3 is 4.90 Å². The van der Waals surface area contributed by atoms with Crippen molar-refractivity contribution >= 4 is 0 Å². The zero-order valence-corrected chi connectivity index (χ0v) is 12.2. The van der Waals surface area contributed by atoms with Crippen LogP contribution in [0.25, 0.3) is 0 Å². The predicted octanol–water partition coefficient (Wildman–Crippen LogP) is 4.68. The highest BCUT2D eigenvalue weighted by Crippen LogP contribution is 1.80. The van der Waals surface area contributed by atoms with E-state index in [9.17, 15) is 0 Å². The molecule has 0 amide bonds. The third-order valence-corrected chi connectivity index (χ3v) is 1.40. The quantitative estimate of drug-likeness (QED) is 0.614. The van der Waals surface area contributed by atoms with Crippen molar-refractivity contribution < 1.29 is 0 Å². The third kappa shape index (κ3) is 37.9. The molecular weight excluding hydrogens is 194 g/mol. The molecule has 0 heterocycles. The van der Waals surface area contributed by atoms with Crippen LogP contribution >= 0.6 is 0 Å². The van der Waals surface area contributed by atoms with Crippen LogP contribution in [0.2, 0.25) is 0 Å². The lowest BCUT2D eigenvalue weighted by atomic mass is 10.4. The fourth-order valence-corrected chi connectivity index (χ4v) is 0.805. The highest BCUT2D eigenvalue weighted by atomic mass is 15.0. The Hall–Kier alpha value is -0.820. The highest BCUT2D eigenvalue weighted by molar-refractivity contribution is 5.08. The van der Waals surface area contributed by atoms with Gasteiger partial charge in [-0.1, -0.05) is 64.7 Å². The molecule has 1 nitrogen and oxygen atoms in total. The maximum absolute atomic E-state index is 3.54. The van der Waals surface area contributed by atoms with Crippen molar-refractivity contribution in [1.29, 1.82) is 0 Å². The first-order valence-electron chi connectivity index (χ1n) is 6.27. The van der Waals surface area contributed by atoms with Gasteiger partial charge in [-0.05, 0) is 33.5 Å². The second-order valence-corrected chi connectivity index (χ2v) is 3.26. The molecule has 0 saturated heterocycles. The SMILES string of the molecule is C=C/C=C\C=C/CC.CC.CCCN(C)C. The lowest BCUT2D eigenvalue weighted by molar-refractivity contribution is 0.408. The molecule has 0 spiro atoms. The van der Waals surface area contributed by atoms with Crippen molar-refractivity contribution in [2.24, 2.45) is 0 Å². The summed E-state index contributed by atoms with van der Waals surface area (Å²) in [6, 6.07) is 0. The standard InChI is InChI=1S/C8H12.C5H13N.C2H6/c1-3-5-7-8-6-4-2;1-4-5-6(2)3;1-2/h3,5-8H,1,4H2,2H3;4-5H2,1-3H3;1-2H3/b7-5-,8-6-;;. The van der Waals surface area contributed by atoms with E-state index in [2.05, 4.69) is 45.5 Å². The Morgan fingerprint density at radius 3 is 1.81 bits per heavy atom. The summed E-state index contributed by atoms with van der Waals surface area (Å²) in [7, 11) is 4.17. The van der Waals surface area contributed by atoms with E-state index in [0.717, 1.165) is 6.42 Å². The van der Waals surface area contributed by atoms with Crippen LogP contribution in [0.3, 0.4) is 0 Å². The number of nitrogens with zero attached hydrogens (tertiary/aromatic N) is 1. The Morgan fingerprint density at radius 2 is 1.56 bits per heavy atom. The van der Waals surface area contributed by atoms with Crippen LogP contribution in [0, 0.1) is 0 Å². The van der Waals surface area contributed by atoms with E-state index in [-0.39, 0.29) is 0 Å². The molecule has 0 radical (unpaired) electrons. The Balaban J connectivity index is -0.000000188. The summed E-state index contributed by atoms with van der Waals surface area (Å²) in [5.74, 6) is 0. The van der Waals surface area contributed by atoms with E-state index in [1.165, 1.54) is 13.0 Å². The van der Waals surface area contributed by atoms with Crippen LogP contribution in [0.5, 0.6) is 0 Å². The van der Waals surface area contributed by atoms with Gasteiger partial charge in [0.15, 0.2) is 0 Å². The zero-order chi connectivity index (χ0) is 13.2. The summed E-state index contributed by atoms with van der Waals surface area (Å²) in [6.45, 7) is 13.0. The van der Waals surface area contributed by atoms with Crippen LogP contribution in [-0.4, -0.2) is 25.5 Å². The van der Waals surface area contributed by atoms with Gasteiger partial charge in [0.25, 0.3) is 0 Å². The van der Waals surface area contributed by atoms with E-state index < -0.39 is 0 Å². The second kappa shape index (κ2) is 23.8. The summed E-state index contributed by atoms with van der Waals surface area (Å²) < 4.78 is 0. The van der Waals surface area contributed by atoms with Gasteiger partial charge in [0, 0.05) is 0 Å². The Labute approximate surface area is 104 Å². The fourth-order valence-electron chi connectivity index (χ4n) is 0.805. The largest absolute Gasteiger partial charge is 0.309 e. The van der Waals surface area contributed by atoms with Crippen molar-refractivity contribution in [3.8, 4) is 0 Å². The van der Waals surface area contributed by atoms with Gasteiger partial charge in [0.2, 0.25) is 0 Å².